The number of nitrogens with one attached hydrogen (secondary N) is 1. The number of carbonyl (C=O) groups is 1. The van der Waals surface area contributed by atoms with Gasteiger partial charge in [0.25, 0.3) is 0 Å². The Balaban J connectivity index is 1.57. The summed E-state index contributed by atoms with van der Waals surface area (Å²) in [5.41, 5.74) is 1.68. The molecule has 2 aliphatic heterocycles. The summed E-state index contributed by atoms with van der Waals surface area (Å²) in [6.07, 6.45) is 3.29. The van der Waals surface area contributed by atoms with Gasteiger partial charge >= 0.3 is 0 Å². The molecule has 0 radical (unpaired) electrons. The van der Waals surface area contributed by atoms with E-state index in [1.807, 2.05) is 26.0 Å². The van der Waals surface area contributed by atoms with Crippen LogP contribution in [0.4, 0.5) is 0 Å². The van der Waals surface area contributed by atoms with Gasteiger partial charge in [0.15, 0.2) is 0 Å². The van der Waals surface area contributed by atoms with E-state index in [0.29, 0.717) is 37.4 Å². The number of piperidine rings is 1. The Labute approximate surface area is 156 Å². The van der Waals surface area contributed by atoms with Gasteiger partial charge in [-0.2, -0.15) is 4.31 Å². The van der Waals surface area contributed by atoms with E-state index in [0.717, 1.165) is 30.6 Å². The van der Waals surface area contributed by atoms with E-state index < -0.39 is 10.0 Å². The zero-order chi connectivity index (χ0) is 18.7. The van der Waals surface area contributed by atoms with Crippen LogP contribution >= 0.6 is 0 Å². The van der Waals surface area contributed by atoms with E-state index in [1.165, 1.54) is 4.31 Å². The molecule has 1 aromatic carbocycles. The molecule has 1 unspecified atom stereocenters. The molecule has 1 N–H and O–H groups in total. The minimum Gasteiger partial charge on any atom is -0.376 e. The van der Waals surface area contributed by atoms with Crippen molar-refractivity contribution in [2.45, 2.75) is 50.5 Å². The Morgan fingerprint density at radius 2 is 1.96 bits per heavy atom. The van der Waals surface area contributed by atoms with E-state index in [-0.39, 0.29) is 17.9 Å². The zero-order valence-corrected chi connectivity index (χ0v) is 16.3. The van der Waals surface area contributed by atoms with Crippen molar-refractivity contribution in [3.63, 3.8) is 0 Å². The molecular weight excluding hydrogens is 352 g/mol. The van der Waals surface area contributed by atoms with Gasteiger partial charge in [0.2, 0.25) is 15.9 Å². The van der Waals surface area contributed by atoms with Crippen LogP contribution in [0.2, 0.25) is 0 Å². The molecule has 2 saturated heterocycles. The average Bonchev–Trinajstić information content (AvgIpc) is 3.15. The number of sulfonamides is 1. The molecule has 0 aliphatic carbocycles. The van der Waals surface area contributed by atoms with Gasteiger partial charge in [0.1, 0.15) is 0 Å². The summed E-state index contributed by atoms with van der Waals surface area (Å²) >= 11 is 0. The summed E-state index contributed by atoms with van der Waals surface area (Å²) in [6.45, 7) is 5.80. The first-order valence-corrected chi connectivity index (χ1v) is 10.8. The summed E-state index contributed by atoms with van der Waals surface area (Å²) in [6, 6.07) is 5.48. The van der Waals surface area contributed by atoms with Gasteiger partial charge in [-0.25, -0.2) is 8.42 Å². The Bertz CT molecular complexity index is 749. The van der Waals surface area contributed by atoms with Gasteiger partial charge in [-0.3, -0.25) is 4.79 Å². The van der Waals surface area contributed by atoms with E-state index in [1.54, 1.807) is 6.07 Å². The van der Waals surface area contributed by atoms with Crippen LogP contribution in [-0.4, -0.2) is 51.0 Å². The molecule has 1 amide bonds. The van der Waals surface area contributed by atoms with Gasteiger partial charge in [0, 0.05) is 32.2 Å². The maximum Gasteiger partial charge on any atom is 0.243 e. The first kappa shape index (κ1) is 19.3. The highest BCUT2D eigenvalue weighted by atomic mass is 32.2. The fourth-order valence-corrected chi connectivity index (χ4v) is 5.43. The van der Waals surface area contributed by atoms with Crippen LogP contribution in [0.1, 0.15) is 36.8 Å². The number of benzene rings is 1. The van der Waals surface area contributed by atoms with E-state index >= 15 is 0 Å². The lowest BCUT2D eigenvalue weighted by molar-refractivity contribution is -0.126. The Morgan fingerprint density at radius 1 is 1.23 bits per heavy atom. The number of carbonyl (C=O) groups excluding carboxylic acids is 1. The molecule has 0 saturated carbocycles. The fourth-order valence-electron chi connectivity index (χ4n) is 3.65. The van der Waals surface area contributed by atoms with Crippen molar-refractivity contribution >= 4 is 15.9 Å². The highest BCUT2D eigenvalue weighted by Crippen LogP contribution is 2.26. The Morgan fingerprint density at radius 3 is 2.62 bits per heavy atom. The monoisotopic (exact) mass is 380 g/mol. The van der Waals surface area contributed by atoms with Gasteiger partial charge < -0.3 is 10.1 Å². The number of nitrogens with zero attached hydrogens (tertiary/aromatic N) is 1. The standard InChI is InChI=1S/C19H28N2O4S/c1-14-5-6-15(2)18(12-14)26(23,24)21-9-7-16(8-10-21)19(22)20-13-17-4-3-11-25-17/h5-6,12,16-17H,3-4,7-11,13H2,1-2H3,(H,20,22). The number of rotatable bonds is 5. The van der Waals surface area contributed by atoms with E-state index in [4.69, 9.17) is 4.74 Å². The molecule has 144 valence electrons. The quantitative estimate of drug-likeness (QED) is 0.848. The Kier molecular flexibility index (Phi) is 5.99. The molecule has 3 rings (SSSR count). The third-order valence-corrected chi connectivity index (χ3v) is 7.35. The molecule has 0 aromatic heterocycles. The maximum atomic E-state index is 12.9. The van der Waals surface area contributed by atoms with Crippen LogP contribution in [-0.2, 0) is 19.6 Å². The van der Waals surface area contributed by atoms with Crippen molar-refractivity contribution in [2.24, 2.45) is 5.92 Å². The van der Waals surface area contributed by atoms with Crippen molar-refractivity contribution in [3.8, 4) is 0 Å². The number of aryl methyl sites for hydroxylation is 2. The van der Waals surface area contributed by atoms with Gasteiger partial charge in [-0.1, -0.05) is 12.1 Å². The first-order chi connectivity index (χ1) is 12.4. The molecular formula is C19H28N2O4S. The second-order valence-corrected chi connectivity index (χ2v) is 9.23. The molecule has 2 aliphatic rings. The lowest BCUT2D eigenvalue weighted by Gasteiger charge is -2.31. The van der Waals surface area contributed by atoms with Crippen LogP contribution in [0.5, 0.6) is 0 Å². The van der Waals surface area contributed by atoms with Gasteiger partial charge in [-0.15, -0.1) is 0 Å². The van der Waals surface area contributed by atoms with E-state index in [2.05, 4.69) is 5.32 Å². The summed E-state index contributed by atoms with van der Waals surface area (Å²) in [5, 5.41) is 2.96. The Hall–Kier alpha value is -1.44. The maximum absolute atomic E-state index is 12.9. The first-order valence-electron chi connectivity index (χ1n) is 9.34. The molecule has 1 atom stereocenters. The second-order valence-electron chi connectivity index (χ2n) is 7.33. The van der Waals surface area contributed by atoms with Crippen LogP contribution in [0, 0.1) is 19.8 Å². The molecule has 7 heteroatoms. The van der Waals surface area contributed by atoms with Crippen molar-refractivity contribution in [1.82, 2.24) is 9.62 Å². The van der Waals surface area contributed by atoms with Crippen LogP contribution in [0.3, 0.4) is 0 Å². The minimum absolute atomic E-state index is 0.0179. The molecule has 2 fully saturated rings. The predicted molar refractivity (Wildman–Crippen MR) is 99.4 cm³/mol. The summed E-state index contributed by atoms with van der Waals surface area (Å²) < 4.78 is 32.9. The predicted octanol–water partition coefficient (Wildman–Crippen LogP) is 2.00. The highest BCUT2D eigenvalue weighted by Gasteiger charge is 2.33. The summed E-state index contributed by atoms with van der Waals surface area (Å²) in [7, 11) is -3.51. The SMILES string of the molecule is Cc1ccc(C)c(S(=O)(=O)N2CCC(C(=O)NCC3CCCO3)CC2)c1. The summed E-state index contributed by atoms with van der Waals surface area (Å²) in [5.74, 6) is -0.106. The lowest BCUT2D eigenvalue weighted by atomic mass is 9.97. The molecule has 26 heavy (non-hydrogen) atoms. The summed E-state index contributed by atoms with van der Waals surface area (Å²) in [4.78, 5) is 12.7. The third kappa shape index (κ3) is 4.27. The molecule has 0 spiro atoms. The number of hydrogen-bond donors (Lipinski definition) is 1. The topological polar surface area (TPSA) is 75.7 Å². The average molecular weight is 381 g/mol. The number of hydrogen-bond acceptors (Lipinski definition) is 4. The molecule has 2 heterocycles. The highest BCUT2D eigenvalue weighted by molar-refractivity contribution is 7.89. The van der Waals surface area contributed by atoms with E-state index in [9.17, 15) is 13.2 Å². The van der Waals surface area contributed by atoms with Crippen molar-refractivity contribution in [1.29, 1.82) is 0 Å². The molecule has 6 nitrogen and oxygen atoms in total. The van der Waals surface area contributed by atoms with Crippen LogP contribution in [0.15, 0.2) is 23.1 Å². The van der Waals surface area contributed by atoms with Gasteiger partial charge in [0.05, 0.1) is 11.0 Å². The second kappa shape index (κ2) is 8.06. The van der Waals surface area contributed by atoms with Gasteiger partial charge in [-0.05, 0) is 56.7 Å². The van der Waals surface area contributed by atoms with Crippen LogP contribution in [0.25, 0.3) is 0 Å². The largest absolute Gasteiger partial charge is 0.376 e. The van der Waals surface area contributed by atoms with Crippen LogP contribution < -0.4 is 5.32 Å². The lowest BCUT2D eigenvalue weighted by Crippen LogP contribution is -2.44. The third-order valence-electron chi connectivity index (χ3n) is 5.31. The van der Waals surface area contributed by atoms with Crippen molar-refractivity contribution in [2.75, 3.05) is 26.2 Å². The smallest absolute Gasteiger partial charge is 0.243 e. The van der Waals surface area contributed by atoms with Crippen molar-refractivity contribution < 1.29 is 17.9 Å². The zero-order valence-electron chi connectivity index (χ0n) is 15.5. The minimum atomic E-state index is -3.51. The number of ether oxygens (including phenoxy) is 1. The normalized spacial score (nSPS) is 22.5. The van der Waals surface area contributed by atoms with Crippen molar-refractivity contribution in [3.05, 3.63) is 29.3 Å². The number of amides is 1. The molecule has 0 bridgehead atoms. The molecule has 1 aromatic rings. The fraction of sp³-hybridized carbons (Fsp3) is 0.632.